The monoisotopic (exact) mass is 378 g/mol. The lowest BCUT2D eigenvalue weighted by Gasteiger charge is -2.61. The lowest BCUT2D eigenvalue weighted by atomic mass is 9.44. The first-order valence-electron chi connectivity index (χ1n) is 12.5. The highest BCUT2D eigenvalue weighted by atomic mass is 16.4. The van der Waals surface area contributed by atoms with Gasteiger partial charge in [-0.25, -0.2) is 0 Å². The summed E-state index contributed by atoms with van der Waals surface area (Å²) in [7, 11) is 0. The lowest BCUT2D eigenvalue weighted by Crippen LogP contribution is -2.54. The summed E-state index contributed by atoms with van der Waals surface area (Å²) in [5.74, 6) is 1.74. The highest BCUT2D eigenvalue weighted by Gasteiger charge is 2.60. The number of carboxylic acid groups (broad SMARTS) is 1. The van der Waals surface area contributed by atoms with E-state index in [0.29, 0.717) is 36.0 Å². The van der Waals surface area contributed by atoms with E-state index in [1.54, 1.807) is 0 Å². The minimum absolute atomic E-state index is 0.0994. The zero-order valence-corrected chi connectivity index (χ0v) is 17.4. The number of rotatable bonds is 4. The van der Waals surface area contributed by atoms with Crippen LogP contribution in [-0.2, 0) is 4.79 Å². The molecule has 0 aliphatic heterocycles. The Bertz CT molecular complexity index is 642. The molecule has 4 fully saturated rings. The molecule has 4 rings (SSSR count). The molecular weight excluding hydrogens is 336 g/mol. The summed E-state index contributed by atoms with van der Waals surface area (Å²) in [4.78, 5) is 11.1. The van der Waals surface area contributed by atoms with Crippen molar-refractivity contribution in [3.63, 3.8) is 0 Å². The first-order valence-corrected chi connectivity index (χ1v) is 11.3. The molecule has 4 aliphatic carbocycles. The van der Waals surface area contributed by atoms with Gasteiger partial charge in [-0.2, -0.15) is 0 Å². The van der Waals surface area contributed by atoms with Crippen LogP contribution in [0.15, 0.2) is 0 Å². The predicted octanol–water partition coefficient (Wildman–Crippen LogP) is 5.51. The SMILES string of the molecule is [2H]C1C([2H])[C@]2(C)[C@@H]([C@H](C)CCC(=O)O)CC[C@H]2[C@@H]2CCC3C[C@H](O)CC[C@]3(C)[C@@H]12. The molecule has 0 saturated heterocycles. The molecule has 4 saturated carbocycles. The quantitative estimate of drug-likeness (QED) is 0.678. The van der Waals surface area contributed by atoms with Gasteiger partial charge in [0.05, 0.1) is 6.10 Å². The second-order valence-corrected chi connectivity index (χ2v) is 10.8. The van der Waals surface area contributed by atoms with Crippen molar-refractivity contribution >= 4 is 5.97 Å². The third-order valence-corrected chi connectivity index (χ3v) is 9.64. The summed E-state index contributed by atoms with van der Waals surface area (Å²) in [5.41, 5.74) is -0.0644. The summed E-state index contributed by atoms with van der Waals surface area (Å²) < 4.78 is 18.5. The average molecular weight is 379 g/mol. The summed E-state index contributed by atoms with van der Waals surface area (Å²) in [6, 6.07) is 0. The third-order valence-electron chi connectivity index (χ3n) is 9.64. The van der Waals surface area contributed by atoms with Gasteiger partial charge in [-0.1, -0.05) is 20.8 Å². The zero-order chi connectivity index (χ0) is 21.1. The van der Waals surface area contributed by atoms with E-state index >= 15 is 0 Å². The van der Waals surface area contributed by atoms with Crippen molar-refractivity contribution in [1.82, 2.24) is 0 Å². The normalized spacial score (nSPS) is 56.9. The fourth-order valence-corrected chi connectivity index (χ4v) is 8.10. The number of hydrogen-bond acceptors (Lipinski definition) is 2. The lowest BCUT2D eigenvalue weighted by molar-refractivity contribution is -0.138. The van der Waals surface area contributed by atoms with Crippen LogP contribution >= 0.6 is 0 Å². The van der Waals surface area contributed by atoms with Crippen LogP contribution in [0.3, 0.4) is 0 Å². The molecule has 154 valence electrons. The first-order chi connectivity index (χ1) is 13.6. The van der Waals surface area contributed by atoms with Crippen LogP contribution in [0.25, 0.3) is 0 Å². The number of hydrogen-bond donors (Lipinski definition) is 2. The molecule has 2 N–H and O–H groups in total. The maximum Gasteiger partial charge on any atom is 0.303 e. The average Bonchev–Trinajstić information content (AvgIpc) is 3.02. The summed E-state index contributed by atoms with van der Waals surface area (Å²) >= 11 is 0. The van der Waals surface area contributed by atoms with Crippen molar-refractivity contribution in [3.05, 3.63) is 0 Å². The standard InChI is InChI=1S/C24H40O3/c1-15(4-9-22(26)27)19-7-8-20-18-6-5-16-14-17(25)10-12-23(16,2)21(18)11-13-24(19,20)3/h15-21,25H,4-14H2,1-3H3,(H,26,27)/t15-,16?,17-,18+,19-,20+,21+,23+,24-/m1/s1/i11D,13D/t11?,13?,15-,16?,17-,18+,19-,20+,21+,23+,24-. The zero-order valence-electron chi connectivity index (χ0n) is 19.4. The van der Waals surface area contributed by atoms with Gasteiger partial charge >= 0.3 is 5.97 Å². The first kappa shape index (κ1) is 17.3. The van der Waals surface area contributed by atoms with E-state index in [4.69, 9.17) is 5.11 Å². The molecule has 27 heavy (non-hydrogen) atoms. The van der Waals surface area contributed by atoms with Gasteiger partial charge in [-0.05, 0) is 110 Å². The fraction of sp³-hybridized carbons (Fsp3) is 0.958. The van der Waals surface area contributed by atoms with Crippen molar-refractivity contribution in [2.24, 2.45) is 46.3 Å². The van der Waals surface area contributed by atoms with Crippen molar-refractivity contribution in [2.45, 2.75) is 97.5 Å². The van der Waals surface area contributed by atoms with Crippen LogP contribution in [0.1, 0.15) is 94.1 Å². The Morgan fingerprint density at radius 1 is 1.15 bits per heavy atom. The molecule has 4 aliphatic rings. The minimum atomic E-state index is -0.730. The molecule has 0 aromatic heterocycles. The molecule has 3 nitrogen and oxygen atoms in total. The van der Waals surface area contributed by atoms with Crippen LogP contribution in [0.5, 0.6) is 0 Å². The topological polar surface area (TPSA) is 57.5 Å². The van der Waals surface area contributed by atoms with Gasteiger partial charge in [-0.3, -0.25) is 4.79 Å². The number of carbonyl (C=O) groups is 1. The van der Waals surface area contributed by atoms with Crippen LogP contribution < -0.4 is 0 Å². The van der Waals surface area contributed by atoms with Gasteiger partial charge in [-0.15, -0.1) is 0 Å². The Hall–Kier alpha value is -0.570. The fourth-order valence-electron chi connectivity index (χ4n) is 8.10. The van der Waals surface area contributed by atoms with E-state index in [1.807, 2.05) is 0 Å². The van der Waals surface area contributed by atoms with Gasteiger partial charge in [0.15, 0.2) is 0 Å². The Kier molecular flexibility index (Phi) is 4.51. The van der Waals surface area contributed by atoms with Crippen LogP contribution in [0.2, 0.25) is 0 Å². The Morgan fingerprint density at radius 2 is 1.93 bits per heavy atom. The number of aliphatic hydroxyl groups excluding tert-OH is 1. The Balaban J connectivity index is 1.62. The highest BCUT2D eigenvalue weighted by molar-refractivity contribution is 5.66. The third kappa shape index (κ3) is 3.16. The van der Waals surface area contributed by atoms with Gasteiger partial charge in [0.1, 0.15) is 0 Å². The second kappa shape index (κ2) is 7.04. The van der Waals surface area contributed by atoms with E-state index < -0.39 is 12.4 Å². The van der Waals surface area contributed by atoms with Crippen molar-refractivity contribution in [2.75, 3.05) is 0 Å². The summed E-state index contributed by atoms with van der Waals surface area (Å²) in [6.45, 7) is 6.83. The van der Waals surface area contributed by atoms with Gasteiger partial charge in [0.25, 0.3) is 0 Å². The van der Waals surface area contributed by atoms with Gasteiger partial charge in [0, 0.05) is 9.16 Å². The maximum atomic E-state index is 11.1. The van der Waals surface area contributed by atoms with Crippen molar-refractivity contribution < 1.29 is 17.7 Å². The molecule has 0 aromatic rings. The van der Waals surface area contributed by atoms with Gasteiger partial charge < -0.3 is 10.2 Å². The van der Waals surface area contributed by atoms with E-state index in [2.05, 4.69) is 20.8 Å². The number of aliphatic hydroxyl groups is 1. The molecule has 0 amide bonds. The van der Waals surface area contributed by atoms with E-state index in [-0.39, 0.29) is 35.7 Å². The molecule has 3 unspecified atom stereocenters. The van der Waals surface area contributed by atoms with Crippen molar-refractivity contribution in [1.29, 1.82) is 0 Å². The highest BCUT2D eigenvalue weighted by Crippen LogP contribution is 2.68. The number of carboxylic acids is 1. The Morgan fingerprint density at radius 3 is 2.67 bits per heavy atom. The largest absolute Gasteiger partial charge is 0.481 e. The van der Waals surface area contributed by atoms with Crippen molar-refractivity contribution in [3.8, 4) is 0 Å². The van der Waals surface area contributed by atoms with Gasteiger partial charge in [0.2, 0.25) is 0 Å². The molecule has 0 heterocycles. The van der Waals surface area contributed by atoms with E-state index in [0.717, 1.165) is 44.9 Å². The molecule has 0 radical (unpaired) electrons. The summed E-state index contributed by atoms with van der Waals surface area (Å²) in [5, 5.41) is 19.3. The Labute approximate surface area is 168 Å². The van der Waals surface area contributed by atoms with E-state index in [1.165, 1.54) is 0 Å². The molecule has 0 spiro atoms. The van der Waals surface area contributed by atoms with Crippen LogP contribution in [0.4, 0.5) is 0 Å². The van der Waals surface area contributed by atoms with Crippen LogP contribution in [-0.4, -0.2) is 22.3 Å². The summed E-state index contributed by atoms with van der Waals surface area (Å²) in [6.07, 6.45) is 7.23. The second-order valence-electron chi connectivity index (χ2n) is 10.8. The smallest absolute Gasteiger partial charge is 0.303 e. The van der Waals surface area contributed by atoms with E-state index in [9.17, 15) is 12.6 Å². The molecule has 11 atom stereocenters. The molecule has 0 aromatic carbocycles. The predicted molar refractivity (Wildman–Crippen MR) is 107 cm³/mol. The van der Waals surface area contributed by atoms with Crippen LogP contribution in [0, 0.1) is 46.3 Å². The maximum absolute atomic E-state index is 11.1. The minimum Gasteiger partial charge on any atom is -0.481 e. The number of aliphatic carboxylic acids is 1. The molecule has 0 bridgehead atoms. The number of fused-ring (bicyclic) bond motifs is 5. The molecule has 3 heteroatoms. The molecular formula is C24H40O3.